The van der Waals surface area contributed by atoms with E-state index < -0.39 is 0 Å². The summed E-state index contributed by atoms with van der Waals surface area (Å²) in [5.41, 5.74) is 4.23. The third-order valence-corrected chi connectivity index (χ3v) is 6.51. The molecule has 1 amide bonds. The second-order valence-corrected chi connectivity index (χ2v) is 8.55. The maximum atomic E-state index is 12.5. The van der Waals surface area contributed by atoms with Crippen molar-refractivity contribution in [2.45, 2.75) is 18.6 Å². The van der Waals surface area contributed by atoms with Crippen molar-refractivity contribution < 1.29 is 19.0 Å². The first-order valence-corrected chi connectivity index (χ1v) is 12.2. The van der Waals surface area contributed by atoms with E-state index in [1.54, 1.807) is 27.5 Å². The number of amides is 1. The zero-order chi connectivity index (χ0) is 25.5. The average Bonchev–Trinajstić information content (AvgIpc) is 3.34. The molecule has 0 aliphatic heterocycles. The Kier molecular flexibility index (Phi) is 8.06. The third kappa shape index (κ3) is 5.28. The number of hydrogen-bond donors (Lipinski definition) is 1. The van der Waals surface area contributed by atoms with E-state index in [4.69, 9.17) is 14.2 Å². The van der Waals surface area contributed by atoms with Crippen LogP contribution in [0.25, 0.3) is 22.2 Å². The highest BCUT2D eigenvalue weighted by Crippen LogP contribution is 2.33. The smallest absolute Gasteiger partial charge is 0.250 e. The van der Waals surface area contributed by atoms with Crippen molar-refractivity contribution in [3.63, 3.8) is 0 Å². The Morgan fingerprint density at radius 3 is 2.50 bits per heavy atom. The van der Waals surface area contributed by atoms with Crippen LogP contribution < -0.4 is 19.6 Å². The minimum Gasteiger partial charge on any atom is -0.496 e. The lowest BCUT2D eigenvalue weighted by Crippen LogP contribution is -2.20. The summed E-state index contributed by atoms with van der Waals surface area (Å²) in [6.07, 6.45) is 1.60. The van der Waals surface area contributed by atoms with Crippen molar-refractivity contribution in [1.29, 1.82) is 0 Å². The second kappa shape index (κ2) is 11.6. The minimum atomic E-state index is -0.256. The van der Waals surface area contributed by atoms with E-state index in [9.17, 15) is 4.79 Å². The van der Waals surface area contributed by atoms with Crippen LogP contribution in [-0.2, 0) is 11.3 Å². The molecule has 4 aromatic rings. The van der Waals surface area contributed by atoms with Crippen molar-refractivity contribution in [2.24, 2.45) is 5.10 Å². The Balaban J connectivity index is 1.44. The molecule has 0 radical (unpaired) electrons. The van der Waals surface area contributed by atoms with Gasteiger partial charge in [0.25, 0.3) is 5.91 Å². The lowest BCUT2D eigenvalue weighted by atomic mass is 10.0. The number of fused-ring (bicyclic) bond motifs is 1. The van der Waals surface area contributed by atoms with Crippen molar-refractivity contribution >= 4 is 34.7 Å². The van der Waals surface area contributed by atoms with Gasteiger partial charge in [0.05, 0.1) is 33.3 Å². The van der Waals surface area contributed by atoms with Gasteiger partial charge in [0.15, 0.2) is 22.5 Å². The molecule has 4 rings (SSSR count). The lowest BCUT2D eigenvalue weighted by molar-refractivity contribution is -0.118. The summed E-state index contributed by atoms with van der Waals surface area (Å²) in [6, 6.07) is 17.4. The molecule has 0 saturated heterocycles. The van der Waals surface area contributed by atoms with Crippen LogP contribution in [0.4, 0.5) is 0 Å². The highest BCUT2D eigenvalue weighted by Gasteiger charge is 2.16. The summed E-state index contributed by atoms with van der Waals surface area (Å²) in [4.78, 5) is 12.5. The predicted octanol–water partition coefficient (Wildman–Crippen LogP) is 4.39. The van der Waals surface area contributed by atoms with E-state index in [-0.39, 0.29) is 11.7 Å². The van der Waals surface area contributed by atoms with Crippen LogP contribution in [0.15, 0.2) is 64.9 Å². The number of ether oxygens (including phenoxy) is 3. The number of carbonyl (C=O) groups is 1. The zero-order valence-corrected chi connectivity index (χ0v) is 21.3. The maximum absolute atomic E-state index is 12.5. The highest BCUT2D eigenvalue weighted by atomic mass is 32.2. The van der Waals surface area contributed by atoms with E-state index in [1.807, 2.05) is 66.1 Å². The topological polar surface area (TPSA) is 99.9 Å². The largest absolute Gasteiger partial charge is 0.496 e. The molecule has 186 valence electrons. The summed E-state index contributed by atoms with van der Waals surface area (Å²) in [6.45, 7) is 2.64. The molecule has 9 nitrogen and oxygen atoms in total. The van der Waals surface area contributed by atoms with E-state index in [1.165, 1.54) is 11.8 Å². The van der Waals surface area contributed by atoms with Gasteiger partial charge in [0.1, 0.15) is 5.75 Å². The lowest BCUT2D eigenvalue weighted by Gasteiger charge is -2.11. The molecular weight excluding hydrogens is 478 g/mol. The predicted molar refractivity (Wildman–Crippen MR) is 141 cm³/mol. The Labute approximate surface area is 213 Å². The highest BCUT2D eigenvalue weighted by molar-refractivity contribution is 7.99. The average molecular weight is 506 g/mol. The second-order valence-electron chi connectivity index (χ2n) is 7.60. The summed E-state index contributed by atoms with van der Waals surface area (Å²) in [5.74, 6) is 2.48. The van der Waals surface area contributed by atoms with Gasteiger partial charge >= 0.3 is 0 Å². The van der Waals surface area contributed by atoms with Gasteiger partial charge in [-0.1, -0.05) is 42.1 Å². The summed E-state index contributed by atoms with van der Waals surface area (Å²) >= 11 is 1.29. The number of thioether (sulfide) groups is 1. The number of hydrogen-bond acceptors (Lipinski definition) is 8. The van der Waals surface area contributed by atoms with Crippen molar-refractivity contribution in [2.75, 3.05) is 27.1 Å². The van der Waals surface area contributed by atoms with E-state index in [0.717, 1.165) is 21.9 Å². The molecule has 1 aromatic heterocycles. The summed E-state index contributed by atoms with van der Waals surface area (Å²) < 4.78 is 18.1. The molecule has 1 heterocycles. The molecule has 0 atom stereocenters. The van der Waals surface area contributed by atoms with Crippen LogP contribution in [0.1, 0.15) is 12.5 Å². The zero-order valence-electron chi connectivity index (χ0n) is 20.5. The van der Waals surface area contributed by atoms with Gasteiger partial charge in [0, 0.05) is 17.7 Å². The van der Waals surface area contributed by atoms with Crippen LogP contribution in [-0.4, -0.2) is 54.0 Å². The minimum absolute atomic E-state index is 0.133. The Morgan fingerprint density at radius 2 is 1.75 bits per heavy atom. The number of methoxy groups -OCH3 is 3. The van der Waals surface area contributed by atoms with Crippen molar-refractivity contribution in [3.8, 4) is 28.6 Å². The van der Waals surface area contributed by atoms with Crippen LogP contribution in [0.5, 0.6) is 17.2 Å². The molecule has 10 heteroatoms. The molecule has 0 fully saturated rings. The molecular formula is C26H27N5O4S. The number of carbonyl (C=O) groups excluding carboxylic acids is 1. The van der Waals surface area contributed by atoms with E-state index >= 15 is 0 Å². The van der Waals surface area contributed by atoms with Gasteiger partial charge in [-0.15, -0.1) is 10.2 Å². The normalized spacial score (nSPS) is 11.1. The van der Waals surface area contributed by atoms with Crippen molar-refractivity contribution in [3.05, 3.63) is 60.2 Å². The van der Waals surface area contributed by atoms with Gasteiger partial charge in [-0.05, 0) is 42.0 Å². The standard InChI is InChI=1S/C26H27N5O4S/c1-5-31-25(18-11-13-22(34-3)23(14-18)35-4)29-30-26(31)36-16-24(32)28-27-15-20-19-9-7-6-8-17(19)10-12-21(20)33-2/h6-15H,5,16H2,1-4H3,(H,28,32). The molecule has 36 heavy (non-hydrogen) atoms. The molecule has 0 aliphatic rings. The van der Waals surface area contributed by atoms with Crippen molar-refractivity contribution in [1.82, 2.24) is 20.2 Å². The molecule has 3 aromatic carbocycles. The number of benzene rings is 3. The number of rotatable bonds is 10. The SMILES string of the molecule is CCn1c(SCC(=O)NN=Cc2c(OC)ccc3ccccc23)nnc1-c1ccc(OC)c(OC)c1. The fourth-order valence-electron chi connectivity index (χ4n) is 3.79. The van der Waals surface area contributed by atoms with Crippen LogP contribution in [0.3, 0.4) is 0 Å². The number of aromatic nitrogens is 3. The number of hydrazone groups is 1. The fraction of sp³-hybridized carbons (Fsp3) is 0.231. The Hall–Kier alpha value is -4.05. The number of nitrogens with zero attached hydrogens (tertiary/aromatic N) is 4. The fourth-order valence-corrected chi connectivity index (χ4v) is 4.58. The quantitative estimate of drug-likeness (QED) is 0.194. The summed E-state index contributed by atoms with van der Waals surface area (Å²) in [5, 5.41) is 15.5. The monoisotopic (exact) mass is 505 g/mol. The molecule has 0 bridgehead atoms. The van der Waals surface area contributed by atoms with Gasteiger partial charge < -0.3 is 18.8 Å². The molecule has 0 aliphatic carbocycles. The van der Waals surface area contributed by atoms with E-state index in [2.05, 4.69) is 20.7 Å². The van der Waals surface area contributed by atoms with Crippen LogP contribution in [0, 0.1) is 0 Å². The Morgan fingerprint density at radius 1 is 1.00 bits per heavy atom. The maximum Gasteiger partial charge on any atom is 0.250 e. The first-order chi connectivity index (χ1) is 17.6. The van der Waals surface area contributed by atoms with Gasteiger partial charge in [-0.2, -0.15) is 5.10 Å². The third-order valence-electron chi connectivity index (χ3n) is 5.54. The van der Waals surface area contributed by atoms with Crippen LogP contribution >= 0.6 is 11.8 Å². The summed E-state index contributed by atoms with van der Waals surface area (Å²) in [7, 11) is 4.79. The van der Waals surface area contributed by atoms with Gasteiger partial charge in [-0.3, -0.25) is 4.79 Å². The Bertz CT molecular complexity index is 1400. The van der Waals surface area contributed by atoms with Gasteiger partial charge in [-0.25, -0.2) is 5.43 Å². The molecule has 0 unspecified atom stereocenters. The van der Waals surface area contributed by atoms with Crippen LogP contribution in [0.2, 0.25) is 0 Å². The molecule has 0 spiro atoms. The first kappa shape index (κ1) is 25.1. The number of nitrogens with one attached hydrogen (secondary N) is 1. The first-order valence-electron chi connectivity index (χ1n) is 11.3. The molecule has 0 saturated carbocycles. The van der Waals surface area contributed by atoms with E-state index in [0.29, 0.717) is 34.8 Å². The van der Waals surface area contributed by atoms with Gasteiger partial charge in [0.2, 0.25) is 0 Å². The molecule has 1 N–H and O–H groups in total.